The first kappa shape index (κ1) is 12.7. The predicted molar refractivity (Wildman–Crippen MR) is 69.7 cm³/mol. The van der Waals surface area contributed by atoms with Crippen LogP contribution in [0.15, 0.2) is 12.3 Å². The molecule has 1 heterocycles. The fraction of sp³-hybridized carbons (Fsp3) is 0.615. The van der Waals surface area contributed by atoms with Crippen LogP contribution in [-0.4, -0.2) is 10.1 Å². The van der Waals surface area contributed by atoms with E-state index in [0.29, 0.717) is 22.3 Å². The SMILES string of the molecule is CCC1CCC(C(O)c2cc(Cl)cnc2N)C1. The second kappa shape index (κ2) is 5.23. The van der Waals surface area contributed by atoms with Crippen LogP contribution in [0.4, 0.5) is 5.82 Å². The van der Waals surface area contributed by atoms with Crippen molar-refractivity contribution >= 4 is 17.4 Å². The van der Waals surface area contributed by atoms with Gasteiger partial charge in [0.05, 0.1) is 11.1 Å². The lowest BCUT2D eigenvalue weighted by atomic mass is 9.93. The van der Waals surface area contributed by atoms with E-state index in [-0.39, 0.29) is 0 Å². The number of aliphatic hydroxyl groups is 1. The second-order valence-electron chi connectivity index (χ2n) is 4.92. The lowest BCUT2D eigenvalue weighted by molar-refractivity contribution is 0.109. The quantitative estimate of drug-likeness (QED) is 0.871. The summed E-state index contributed by atoms with van der Waals surface area (Å²) < 4.78 is 0. The number of rotatable bonds is 3. The number of hydrogen-bond acceptors (Lipinski definition) is 3. The Morgan fingerprint density at radius 1 is 1.59 bits per heavy atom. The molecule has 1 saturated carbocycles. The van der Waals surface area contributed by atoms with Gasteiger partial charge in [0.1, 0.15) is 5.82 Å². The standard InChI is InChI=1S/C13H19ClN2O/c1-2-8-3-4-9(5-8)12(17)11-6-10(14)7-16-13(11)15/h6-9,12,17H,2-5H2,1H3,(H2,15,16). The summed E-state index contributed by atoms with van der Waals surface area (Å²) >= 11 is 5.89. The summed E-state index contributed by atoms with van der Waals surface area (Å²) in [6.45, 7) is 2.20. The molecule has 0 amide bonds. The zero-order valence-electron chi connectivity index (χ0n) is 10.1. The number of nitrogens with two attached hydrogens (primary N) is 1. The van der Waals surface area contributed by atoms with E-state index in [1.807, 2.05) is 0 Å². The maximum Gasteiger partial charge on any atom is 0.129 e. The molecule has 0 saturated heterocycles. The molecule has 0 spiro atoms. The minimum absolute atomic E-state index is 0.294. The van der Waals surface area contributed by atoms with Gasteiger partial charge in [0.2, 0.25) is 0 Å². The molecule has 0 aromatic carbocycles. The number of aliphatic hydroxyl groups excluding tert-OH is 1. The summed E-state index contributed by atoms with van der Waals surface area (Å²) in [4.78, 5) is 4.00. The Morgan fingerprint density at radius 3 is 3.00 bits per heavy atom. The van der Waals surface area contributed by atoms with Gasteiger partial charge in [-0.3, -0.25) is 0 Å². The highest BCUT2D eigenvalue weighted by Crippen LogP contribution is 2.41. The molecule has 0 bridgehead atoms. The maximum absolute atomic E-state index is 10.4. The van der Waals surface area contributed by atoms with E-state index in [2.05, 4.69) is 11.9 Å². The molecule has 0 aliphatic heterocycles. The molecular weight excluding hydrogens is 236 g/mol. The van der Waals surface area contributed by atoms with Gasteiger partial charge < -0.3 is 10.8 Å². The molecule has 1 aromatic rings. The summed E-state index contributed by atoms with van der Waals surface area (Å²) in [7, 11) is 0. The van der Waals surface area contributed by atoms with Gasteiger partial charge in [0, 0.05) is 11.8 Å². The van der Waals surface area contributed by atoms with E-state index in [1.165, 1.54) is 19.0 Å². The molecule has 1 fully saturated rings. The van der Waals surface area contributed by atoms with Crippen molar-refractivity contribution in [2.45, 2.75) is 38.7 Å². The van der Waals surface area contributed by atoms with Gasteiger partial charge >= 0.3 is 0 Å². The van der Waals surface area contributed by atoms with Gasteiger partial charge in [-0.2, -0.15) is 0 Å². The summed E-state index contributed by atoms with van der Waals surface area (Å²) in [5.74, 6) is 1.42. The smallest absolute Gasteiger partial charge is 0.129 e. The van der Waals surface area contributed by atoms with Gasteiger partial charge in [0.15, 0.2) is 0 Å². The third-order valence-corrected chi connectivity index (χ3v) is 4.05. The van der Waals surface area contributed by atoms with Crippen LogP contribution in [0, 0.1) is 11.8 Å². The Bertz CT molecular complexity index is 397. The Balaban J connectivity index is 2.14. The van der Waals surface area contributed by atoms with Crippen molar-refractivity contribution in [3.8, 4) is 0 Å². The van der Waals surface area contributed by atoms with Crippen LogP contribution in [0.3, 0.4) is 0 Å². The summed E-state index contributed by atoms with van der Waals surface area (Å²) in [5.41, 5.74) is 6.48. The van der Waals surface area contributed by atoms with Crippen molar-refractivity contribution in [3.05, 3.63) is 22.8 Å². The Morgan fingerprint density at radius 2 is 2.35 bits per heavy atom. The summed E-state index contributed by atoms with van der Waals surface area (Å²) in [6, 6.07) is 1.73. The van der Waals surface area contributed by atoms with Crippen LogP contribution in [0.25, 0.3) is 0 Å². The van der Waals surface area contributed by atoms with Crippen molar-refractivity contribution in [1.82, 2.24) is 4.98 Å². The first-order chi connectivity index (χ1) is 8.11. The zero-order valence-corrected chi connectivity index (χ0v) is 10.8. The minimum atomic E-state index is -0.530. The van der Waals surface area contributed by atoms with Crippen molar-refractivity contribution in [3.63, 3.8) is 0 Å². The van der Waals surface area contributed by atoms with Crippen molar-refractivity contribution in [1.29, 1.82) is 0 Å². The second-order valence-corrected chi connectivity index (χ2v) is 5.36. The van der Waals surface area contributed by atoms with Gasteiger partial charge in [-0.1, -0.05) is 31.4 Å². The van der Waals surface area contributed by atoms with Crippen LogP contribution in [-0.2, 0) is 0 Å². The lowest BCUT2D eigenvalue weighted by Gasteiger charge is -2.19. The molecular formula is C13H19ClN2O. The van der Waals surface area contributed by atoms with Crippen LogP contribution in [0.2, 0.25) is 5.02 Å². The number of nitrogen functional groups attached to an aromatic ring is 1. The highest BCUT2D eigenvalue weighted by Gasteiger charge is 2.30. The van der Waals surface area contributed by atoms with Crippen molar-refractivity contribution < 1.29 is 5.11 Å². The highest BCUT2D eigenvalue weighted by molar-refractivity contribution is 6.30. The van der Waals surface area contributed by atoms with Gasteiger partial charge in [0.25, 0.3) is 0 Å². The van der Waals surface area contributed by atoms with Gasteiger partial charge in [-0.25, -0.2) is 4.98 Å². The van der Waals surface area contributed by atoms with E-state index in [4.69, 9.17) is 17.3 Å². The molecule has 0 radical (unpaired) electrons. The van der Waals surface area contributed by atoms with Gasteiger partial charge in [-0.15, -0.1) is 0 Å². The number of aromatic nitrogens is 1. The first-order valence-electron chi connectivity index (χ1n) is 6.20. The number of anilines is 1. The number of hydrogen-bond donors (Lipinski definition) is 2. The molecule has 1 aliphatic rings. The van der Waals surface area contributed by atoms with E-state index < -0.39 is 6.10 Å². The normalized spacial score (nSPS) is 26.1. The largest absolute Gasteiger partial charge is 0.388 e. The van der Waals surface area contributed by atoms with Crippen molar-refractivity contribution in [2.24, 2.45) is 11.8 Å². The molecule has 3 N–H and O–H groups in total. The first-order valence-corrected chi connectivity index (χ1v) is 6.58. The fourth-order valence-electron chi connectivity index (χ4n) is 2.73. The maximum atomic E-state index is 10.4. The summed E-state index contributed by atoms with van der Waals surface area (Å²) in [6.07, 6.45) is 5.50. The van der Waals surface area contributed by atoms with E-state index in [9.17, 15) is 5.11 Å². The van der Waals surface area contributed by atoms with E-state index in [0.717, 1.165) is 18.8 Å². The van der Waals surface area contributed by atoms with Gasteiger partial charge in [-0.05, 0) is 30.7 Å². The Kier molecular flexibility index (Phi) is 3.89. The fourth-order valence-corrected chi connectivity index (χ4v) is 2.89. The molecule has 94 valence electrons. The van der Waals surface area contributed by atoms with Crippen LogP contribution < -0.4 is 5.73 Å². The molecule has 1 aromatic heterocycles. The van der Waals surface area contributed by atoms with Crippen LogP contribution in [0.5, 0.6) is 0 Å². The highest BCUT2D eigenvalue weighted by atomic mass is 35.5. The molecule has 4 heteroatoms. The monoisotopic (exact) mass is 254 g/mol. The Labute approximate surface area is 107 Å². The molecule has 17 heavy (non-hydrogen) atoms. The average molecular weight is 255 g/mol. The summed E-state index contributed by atoms with van der Waals surface area (Å²) in [5, 5.41) is 10.9. The lowest BCUT2D eigenvalue weighted by Crippen LogP contribution is -2.12. The van der Waals surface area contributed by atoms with Crippen LogP contribution >= 0.6 is 11.6 Å². The number of nitrogens with zero attached hydrogens (tertiary/aromatic N) is 1. The minimum Gasteiger partial charge on any atom is -0.388 e. The van der Waals surface area contributed by atoms with E-state index in [1.54, 1.807) is 6.07 Å². The molecule has 2 rings (SSSR count). The zero-order chi connectivity index (χ0) is 12.4. The number of halogens is 1. The number of pyridine rings is 1. The predicted octanol–water partition coefficient (Wildman–Crippen LogP) is 3.18. The third kappa shape index (κ3) is 2.72. The molecule has 3 unspecified atom stereocenters. The third-order valence-electron chi connectivity index (χ3n) is 3.84. The molecule has 3 atom stereocenters. The topological polar surface area (TPSA) is 59.1 Å². The molecule has 1 aliphatic carbocycles. The molecule has 3 nitrogen and oxygen atoms in total. The van der Waals surface area contributed by atoms with E-state index >= 15 is 0 Å². The van der Waals surface area contributed by atoms with Crippen LogP contribution in [0.1, 0.15) is 44.3 Å². The average Bonchev–Trinajstić information content (AvgIpc) is 2.80. The van der Waals surface area contributed by atoms with Crippen molar-refractivity contribution in [2.75, 3.05) is 5.73 Å². The Hall–Kier alpha value is -0.800.